The molecule has 0 aromatic heterocycles. The molecule has 0 aliphatic carbocycles. The van der Waals surface area contributed by atoms with E-state index in [0.717, 1.165) is 22.2 Å². The number of methoxy groups -OCH3 is 1. The minimum absolute atomic E-state index is 0.212. The maximum atomic E-state index is 13.0. The number of benzene rings is 2. The molecule has 1 N–H and O–H groups in total. The molecule has 4 rings (SSSR count). The van der Waals surface area contributed by atoms with E-state index in [-0.39, 0.29) is 4.91 Å². The van der Waals surface area contributed by atoms with Crippen LogP contribution in [0.25, 0.3) is 6.08 Å². The fraction of sp³-hybridized carbons (Fsp3) is 0.269. The lowest BCUT2D eigenvalue weighted by Crippen LogP contribution is -2.36. The Bertz CT molecular complexity index is 1240. The monoisotopic (exact) mass is 510 g/mol. The Morgan fingerprint density at radius 1 is 1.19 bits per heavy atom. The zero-order valence-corrected chi connectivity index (χ0v) is 20.8. The van der Waals surface area contributed by atoms with Crippen LogP contribution in [-0.4, -0.2) is 55.4 Å². The minimum Gasteiger partial charge on any atom is -0.493 e. The SMILES string of the molecule is C=CCc1cc(/C=C2/SC(=O)N(CC(=O)Nc3ccc4c(c3)OCCO4)C2=O)cc(OCC)c1OC. The van der Waals surface area contributed by atoms with Crippen molar-refractivity contribution in [3.63, 3.8) is 0 Å². The van der Waals surface area contributed by atoms with Gasteiger partial charge in [-0.05, 0) is 61.0 Å². The van der Waals surface area contributed by atoms with E-state index in [1.807, 2.05) is 13.0 Å². The second-order valence-electron chi connectivity index (χ2n) is 7.81. The van der Waals surface area contributed by atoms with Crippen LogP contribution in [-0.2, 0) is 16.0 Å². The van der Waals surface area contributed by atoms with Crippen molar-refractivity contribution in [1.82, 2.24) is 4.90 Å². The summed E-state index contributed by atoms with van der Waals surface area (Å²) in [5.74, 6) is 1.20. The molecule has 0 bridgehead atoms. The van der Waals surface area contributed by atoms with Gasteiger partial charge in [-0.15, -0.1) is 6.58 Å². The molecule has 2 aromatic rings. The van der Waals surface area contributed by atoms with Gasteiger partial charge in [0.15, 0.2) is 23.0 Å². The van der Waals surface area contributed by atoms with E-state index >= 15 is 0 Å². The van der Waals surface area contributed by atoms with Crippen LogP contribution in [0.3, 0.4) is 0 Å². The van der Waals surface area contributed by atoms with E-state index < -0.39 is 23.6 Å². The molecule has 188 valence electrons. The Labute approximate surface area is 213 Å². The molecule has 10 heteroatoms. The van der Waals surface area contributed by atoms with Crippen LogP contribution in [0.4, 0.5) is 10.5 Å². The summed E-state index contributed by atoms with van der Waals surface area (Å²) in [5, 5.41) is 2.17. The number of nitrogens with one attached hydrogen (secondary N) is 1. The van der Waals surface area contributed by atoms with Gasteiger partial charge in [-0.2, -0.15) is 0 Å². The summed E-state index contributed by atoms with van der Waals surface area (Å²) >= 11 is 0.782. The Kier molecular flexibility index (Phi) is 7.84. The number of rotatable bonds is 9. The Balaban J connectivity index is 1.49. The lowest BCUT2D eigenvalue weighted by molar-refractivity contribution is -0.127. The van der Waals surface area contributed by atoms with Crippen molar-refractivity contribution in [2.24, 2.45) is 0 Å². The zero-order valence-electron chi connectivity index (χ0n) is 20.0. The highest BCUT2D eigenvalue weighted by molar-refractivity contribution is 8.18. The lowest BCUT2D eigenvalue weighted by atomic mass is 10.0. The smallest absolute Gasteiger partial charge is 0.294 e. The molecule has 0 radical (unpaired) electrons. The van der Waals surface area contributed by atoms with E-state index in [0.29, 0.717) is 60.5 Å². The number of anilines is 1. The third-order valence-electron chi connectivity index (χ3n) is 5.32. The first-order valence-electron chi connectivity index (χ1n) is 11.3. The summed E-state index contributed by atoms with van der Waals surface area (Å²) in [5.41, 5.74) is 1.98. The summed E-state index contributed by atoms with van der Waals surface area (Å²) < 4.78 is 22.2. The van der Waals surface area contributed by atoms with Gasteiger partial charge in [0.05, 0.1) is 18.6 Å². The second-order valence-corrected chi connectivity index (χ2v) is 8.80. The highest BCUT2D eigenvalue weighted by Gasteiger charge is 2.36. The molecular formula is C26H26N2O7S. The van der Waals surface area contributed by atoms with Crippen molar-refractivity contribution >= 4 is 40.6 Å². The zero-order chi connectivity index (χ0) is 25.7. The highest BCUT2D eigenvalue weighted by Crippen LogP contribution is 2.37. The van der Waals surface area contributed by atoms with E-state index in [4.69, 9.17) is 18.9 Å². The van der Waals surface area contributed by atoms with E-state index in [1.165, 1.54) is 0 Å². The number of carbonyl (C=O) groups is 3. The molecule has 9 nitrogen and oxygen atoms in total. The molecule has 36 heavy (non-hydrogen) atoms. The van der Waals surface area contributed by atoms with Gasteiger partial charge < -0.3 is 24.3 Å². The molecule has 0 spiro atoms. The first kappa shape index (κ1) is 25.2. The van der Waals surface area contributed by atoms with Crippen LogP contribution >= 0.6 is 11.8 Å². The average Bonchev–Trinajstić information content (AvgIpc) is 3.11. The number of nitrogens with zero attached hydrogens (tertiary/aromatic N) is 1. The van der Waals surface area contributed by atoms with Gasteiger partial charge in [-0.1, -0.05) is 6.08 Å². The first-order chi connectivity index (χ1) is 17.4. The predicted octanol–water partition coefficient (Wildman–Crippen LogP) is 4.27. The summed E-state index contributed by atoms with van der Waals surface area (Å²) in [6.45, 7) is 6.54. The van der Waals surface area contributed by atoms with Gasteiger partial charge in [-0.3, -0.25) is 19.3 Å². The van der Waals surface area contributed by atoms with Gasteiger partial charge in [0.25, 0.3) is 11.1 Å². The number of thioether (sulfide) groups is 1. The molecule has 1 fully saturated rings. The number of amides is 3. The second kappa shape index (κ2) is 11.2. The molecule has 0 unspecified atom stereocenters. The molecule has 2 aromatic carbocycles. The van der Waals surface area contributed by atoms with Crippen molar-refractivity contribution in [2.45, 2.75) is 13.3 Å². The van der Waals surface area contributed by atoms with Crippen LogP contribution in [0.2, 0.25) is 0 Å². The maximum absolute atomic E-state index is 13.0. The van der Waals surface area contributed by atoms with Crippen LogP contribution in [0.5, 0.6) is 23.0 Å². The van der Waals surface area contributed by atoms with Gasteiger partial charge >= 0.3 is 0 Å². The molecule has 0 atom stereocenters. The average molecular weight is 511 g/mol. The van der Waals surface area contributed by atoms with Crippen molar-refractivity contribution in [2.75, 3.05) is 38.8 Å². The number of hydrogen-bond donors (Lipinski definition) is 1. The van der Waals surface area contributed by atoms with Crippen molar-refractivity contribution in [3.05, 3.63) is 59.0 Å². The largest absolute Gasteiger partial charge is 0.493 e. The Hall–Kier alpha value is -3.92. The van der Waals surface area contributed by atoms with Crippen LogP contribution in [0.1, 0.15) is 18.1 Å². The fourth-order valence-electron chi connectivity index (χ4n) is 3.82. The molecule has 2 aliphatic rings. The van der Waals surface area contributed by atoms with Crippen molar-refractivity contribution in [1.29, 1.82) is 0 Å². The van der Waals surface area contributed by atoms with Gasteiger partial charge in [-0.25, -0.2) is 0 Å². The van der Waals surface area contributed by atoms with Crippen molar-refractivity contribution < 1.29 is 33.3 Å². The van der Waals surface area contributed by atoms with Gasteiger partial charge in [0.2, 0.25) is 5.91 Å². The fourth-order valence-corrected chi connectivity index (χ4v) is 4.66. The number of allylic oxidation sites excluding steroid dienone is 1. The van der Waals surface area contributed by atoms with Gasteiger partial charge in [0.1, 0.15) is 19.8 Å². The van der Waals surface area contributed by atoms with Crippen molar-refractivity contribution in [3.8, 4) is 23.0 Å². The molecule has 2 aliphatic heterocycles. The molecule has 2 heterocycles. The number of carbonyl (C=O) groups excluding carboxylic acids is 3. The third-order valence-corrected chi connectivity index (χ3v) is 6.23. The molecule has 3 amide bonds. The van der Waals surface area contributed by atoms with Crippen LogP contribution in [0.15, 0.2) is 47.9 Å². The topological polar surface area (TPSA) is 103 Å². The molecule has 1 saturated heterocycles. The Morgan fingerprint density at radius 3 is 2.69 bits per heavy atom. The van der Waals surface area contributed by atoms with E-state index in [2.05, 4.69) is 11.9 Å². The first-order valence-corrected chi connectivity index (χ1v) is 12.1. The molecule has 0 saturated carbocycles. The number of hydrogen-bond acceptors (Lipinski definition) is 8. The van der Waals surface area contributed by atoms with Crippen LogP contribution < -0.4 is 24.3 Å². The normalized spacial score (nSPS) is 15.7. The minimum atomic E-state index is -0.540. The standard InChI is InChI=1S/C26H26N2O7S/c1-4-6-17-11-16(12-21(33-5-2)24(17)32-3)13-22-25(30)28(26(31)36-22)15-23(29)27-18-7-8-19-20(14-18)35-10-9-34-19/h4,7-8,11-14H,1,5-6,9-10,15H2,2-3H3,(H,27,29)/b22-13+. The summed E-state index contributed by atoms with van der Waals surface area (Å²) in [4.78, 5) is 39.3. The van der Waals surface area contributed by atoms with Gasteiger partial charge in [0, 0.05) is 17.3 Å². The summed E-state index contributed by atoms with van der Waals surface area (Å²) in [7, 11) is 1.56. The van der Waals surface area contributed by atoms with Crippen LogP contribution in [0, 0.1) is 0 Å². The quantitative estimate of drug-likeness (QED) is 0.394. The molecular weight excluding hydrogens is 484 g/mol. The maximum Gasteiger partial charge on any atom is 0.294 e. The third kappa shape index (κ3) is 5.49. The number of imide groups is 1. The highest BCUT2D eigenvalue weighted by atomic mass is 32.2. The summed E-state index contributed by atoms with van der Waals surface area (Å²) in [6.07, 6.45) is 3.89. The van der Waals surface area contributed by atoms with E-state index in [9.17, 15) is 14.4 Å². The van der Waals surface area contributed by atoms with E-state index in [1.54, 1.807) is 43.5 Å². The lowest BCUT2D eigenvalue weighted by Gasteiger charge is -2.19. The number of fused-ring (bicyclic) bond motifs is 1. The predicted molar refractivity (Wildman–Crippen MR) is 137 cm³/mol. The summed E-state index contributed by atoms with van der Waals surface area (Å²) in [6, 6.07) is 8.60. The number of ether oxygens (including phenoxy) is 4. The Morgan fingerprint density at radius 2 is 1.97 bits per heavy atom.